The molecule has 3 rings (SSSR count). The van der Waals surface area contributed by atoms with E-state index in [1.54, 1.807) is 0 Å². The number of carbonyl (C=O) groups is 3. The largest absolute Gasteiger partial charge is 0.337 e. The molecule has 25 heavy (non-hydrogen) atoms. The van der Waals surface area contributed by atoms with Gasteiger partial charge in [0.1, 0.15) is 12.1 Å². The number of hydrogen-bond acceptors (Lipinski definition) is 4. The Kier molecular flexibility index (Phi) is 6.68. The van der Waals surface area contributed by atoms with Crippen molar-refractivity contribution in [2.24, 2.45) is 0 Å². The second kappa shape index (κ2) is 8.36. The minimum absolute atomic E-state index is 0. The quantitative estimate of drug-likeness (QED) is 0.712. The number of nitrogens with zero attached hydrogens (tertiary/aromatic N) is 2. The smallest absolute Gasteiger partial charge is 0.325 e. The molecule has 1 spiro atoms. The van der Waals surface area contributed by atoms with E-state index in [1.807, 2.05) is 11.8 Å². The van der Waals surface area contributed by atoms with Crippen LogP contribution in [0.2, 0.25) is 0 Å². The maximum Gasteiger partial charge on any atom is 0.325 e. The summed E-state index contributed by atoms with van der Waals surface area (Å²) in [5, 5.41) is 6.14. The van der Waals surface area contributed by atoms with Crippen molar-refractivity contribution in [2.45, 2.75) is 63.5 Å². The Balaban J connectivity index is 0.00000225. The van der Waals surface area contributed by atoms with Crippen molar-refractivity contribution in [2.75, 3.05) is 26.2 Å². The zero-order valence-electron chi connectivity index (χ0n) is 14.9. The van der Waals surface area contributed by atoms with Gasteiger partial charge in [-0.15, -0.1) is 12.4 Å². The average Bonchev–Trinajstić information content (AvgIpc) is 3.17. The van der Waals surface area contributed by atoms with Gasteiger partial charge in [0, 0.05) is 19.1 Å². The molecule has 0 aromatic carbocycles. The third-order valence-electron chi connectivity index (χ3n) is 5.51. The Morgan fingerprint density at radius 2 is 2.00 bits per heavy atom. The van der Waals surface area contributed by atoms with Gasteiger partial charge in [-0.1, -0.05) is 26.2 Å². The molecular formula is C17H29ClN4O3. The van der Waals surface area contributed by atoms with E-state index in [1.165, 1.54) is 0 Å². The Hall–Kier alpha value is -1.34. The number of imide groups is 1. The fraction of sp³-hybridized carbons (Fsp3) is 0.824. The Bertz CT molecular complexity index is 516. The molecule has 2 N–H and O–H groups in total. The van der Waals surface area contributed by atoms with E-state index < -0.39 is 11.6 Å². The zero-order valence-corrected chi connectivity index (χ0v) is 15.7. The van der Waals surface area contributed by atoms with Crippen LogP contribution in [0, 0.1) is 0 Å². The SMILES string of the molecule is CCCN(C(=O)CN1C(=O)NC2(CCCCC2)C1=O)C1CCNC1.Cl. The van der Waals surface area contributed by atoms with Crippen molar-refractivity contribution in [1.82, 2.24) is 20.4 Å². The normalized spacial score (nSPS) is 25.0. The van der Waals surface area contributed by atoms with E-state index >= 15 is 0 Å². The highest BCUT2D eigenvalue weighted by Crippen LogP contribution is 2.33. The molecule has 8 heteroatoms. The molecular weight excluding hydrogens is 344 g/mol. The summed E-state index contributed by atoms with van der Waals surface area (Å²) >= 11 is 0. The van der Waals surface area contributed by atoms with Crippen molar-refractivity contribution in [1.29, 1.82) is 0 Å². The van der Waals surface area contributed by atoms with E-state index in [-0.39, 0.29) is 36.8 Å². The van der Waals surface area contributed by atoms with Crippen molar-refractivity contribution in [3.63, 3.8) is 0 Å². The molecule has 0 radical (unpaired) electrons. The lowest BCUT2D eigenvalue weighted by Gasteiger charge is -2.31. The highest BCUT2D eigenvalue weighted by atomic mass is 35.5. The number of hydrogen-bond donors (Lipinski definition) is 2. The number of rotatable bonds is 5. The standard InChI is InChI=1S/C17H28N4O3.ClH/c1-2-10-20(13-6-9-18-11-13)14(22)12-21-15(23)17(19-16(21)24)7-4-3-5-8-17;/h13,18H,2-12H2,1H3,(H,19,24);1H. The summed E-state index contributed by atoms with van der Waals surface area (Å²) in [6, 6.07) is -0.238. The topological polar surface area (TPSA) is 81.8 Å². The minimum atomic E-state index is -0.750. The molecule has 0 aromatic heterocycles. The van der Waals surface area contributed by atoms with E-state index in [0.717, 1.165) is 50.1 Å². The van der Waals surface area contributed by atoms with Crippen molar-refractivity contribution in [3.05, 3.63) is 0 Å². The second-order valence-electron chi connectivity index (χ2n) is 7.20. The summed E-state index contributed by atoms with van der Waals surface area (Å²) < 4.78 is 0. The number of urea groups is 1. The zero-order chi connectivity index (χ0) is 17.2. The van der Waals surface area contributed by atoms with Crippen molar-refractivity contribution in [3.8, 4) is 0 Å². The first-order chi connectivity index (χ1) is 11.6. The molecule has 1 atom stereocenters. The third kappa shape index (κ3) is 3.92. The molecule has 3 fully saturated rings. The van der Waals surface area contributed by atoms with Gasteiger partial charge in [-0.25, -0.2) is 4.79 Å². The molecule has 1 saturated carbocycles. The first-order valence-corrected chi connectivity index (χ1v) is 9.22. The first-order valence-electron chi connectivity index (χ1n) is 9.22. The van der Waals surface area contributed by atoms with Crippen LogP contribution in [0.1, 0.15) is 51.9 Å². The van der Waals surface area contributed by atoms with E-state index in [9.17, 15) is 14.4 Å². The molecule has 2 heterocycles. The van der Waals surface area contributed by atoms with Gasteiger partial charge in [0.15, 0.2) is 0 Å². The summed E-state index contributed by atoms with van der Waals surface area (Å²) in [7, 11) is 0. The molecule has 0 bridgehead atoms. The van der Waals surface area contributed by atoms with Crippen LogP contribution in [-0.2, 0) is 9.59 Å². The maximum atomic E-state index is 12.8. The van der Waals surface area contributed by atoms with E-state index in [4.69, 9.17) is 0 Å². The lowest BCUT2D eigenvalue weighted by Crippen LogP contribution is -2.50. The van der Waals surface area contributed by atoms with Gasteiger partial charge in [-0.3, -0.25) is 14.5 Å². The summed E-state index contributed by atoms with van der Waals surface area (Å²) in [4.78, 5) is 40.8. The molecule has 7 nitrogen and oxygen atoms in total. The predicted octanol–water partition coefficient (Wildman–Crippen LogP) is 1.26. The van der Waals surface area contributed by atoms with Gasteiger partial charge in [0.05, 0.1) is 0 Å². The highest BCUT2D eigenvalue weighted by molar-refractivity contribution is 6.09. The third-order valence-corrected chi connectivity index (χ3v) is 5.51. The number of nitrogens with one attached hydrogen (secondary N) is 2. The number of amides is 4. The maximum absolute atomic E-state index is 12.8. The van der Waals surface area contributed by atoms with Gasteiger partial charge >= 0.3 is 6.03 Å². The molecule has 1 aliphatic carbocycles. The molecule has 2 aliphatic heterocycles. The molecule has 4 amide bonds. The summed E-state index contributed by atoms with van der Waals surface area (Å²) in [5.74, 6) is -0.330. The Morgan fingerprint density at radius 1 is 1.28 bits per heavy atom. The van der Waals surface area contributed by atoms with Crippen LogP contribution >= 0.6 is 12.4 Å². The van der Waals surface area contributed by atoms with Gasteiger partial charge < -0.3 is 15.5 Å². The van der Waals surface area contributed by atoms with E-state index in [0.29, 0.717) is 19.4 Å². The van der Waals surface area contributed by atoms with Gasteiger partial charge in [-0.2, -0.15) is 0 Å². The Morgan fingerprint density at radius 3 is 2.60 bits per heavy atom. The van der Waals surface area contributed by atoms with Crippen LogP contribution in [0.15, 0.2) is 0 Å². The predicted molar refractivity (Wildman–Crippen MR) is 96.6 cm³/mol. The van der Waals surface area contributed by atoms with Crippen LogP contribution in [-0.4, -0.2) is 65.4 Å². The lowest BCUT2D eigenvalue weighted by molar-refractivity contribution is -0.140. The molecule has 142 valence electrons. The van der Waals surface area contributed by atoms with Crippen LogP contribution in [0.4, 0.5) is 4.79 Å². The van der Waals surface area contributed by atoms with Gasteiger partial charge in [-0.05, 0) is 32.2 Å². The van der Waals surface area contributed by atoms with Crippen LogP contribution in [0.25, 0.3) is 0 Å². The highest BCUT2D eigenvalue weighted by Gasteiger charge is 2.51. The Labute approximate surface area is 155 Å². The van der Waals surface area contributed by atoms with Crippen LogP contribution < -0.4 is 10.6 Å². The minimum Gasteiger partial charge on any atom is -0.337 e. The molecule has 3 aliphatic rings. The lowest BCUT2D eigenvalue weighted by atomic mass is 9.82. The fourth-order valence-corrected chi connectivity index (χ4v) is 4.20. The molecule has 1 unspecified atom stereocenters. The first kappa shape index (κ1) is 20.0. The van der Waals surface area contributed by atoms with Crippen molar-refractivity contribution >= 4 is 30.3 Å². The molecule has 0 aromatic rings. The van der Waals surface area contributed by atoms with Gasteiger partial charge in [0.2, 0.25) is 5.91 Å². The van der Waals surface area contributed by atoms with Crippen LogP contribution in [0.3, 0.4) is 0 Å². The second-order valence-corrected chi connectivity index (χ2v) is 7.20. The summed E-state index contributed by atoms with van der Waals surface area (Å²) in [6.07, 6.45) is 6.17. The monoisotopic (exact) mass is 372 g/mol. The fourth-order valence-electron chi connectivity index (χ4n) is 4.20. The van der Waals surface area contributed by atoms with Gasteiger partial charge in [0.25, 0.3) is 5.91 Å². The van der Waals surface area contributed by atoms with Crippen LogP contribution in [0.5, 0.6) is 0 Å². The number of halogens is 1. The summed E-state index contributed by atoms with van der Waals surface area (Å²) in [5.41, 5.74) is -0.750. The van der Waals surface area contributed by atoms with Crippen molar-refractivity contribution < 1.29 is 14.4 Å². The number of carbonyl (C=O) groups excluding carboxylic acids is 3. The van der Waals surface area contributed by atoms with E-state index in [2.05, 4.69) is 10.6 Å². The molecule has 2 saturated heterocycles. The summed E-state index contributed by atoms with van der Waals surface area (Å²) in [6.45, 7) is 4.26. The average molecular weight is 373 g/mol.